The number of hydrogen-bond donors (Lipinski definition) is 0. The van der Waals surface area contributed by atoms with E-state index in [0.717, 1.165) is 44.9 Å². The number of benzene rings is 9. The molecular formula is C46H27BO2. The van der Waals surface area contributed by atoms with Gasteiger partial charge in [0.05, 0.1) is 0 Å². The highest BCUT2D eigenvalue weighted by atomic mass is 16.5. The molecule has 0 saturated heterocycles. The van der Waals surface area contributed by atoms with Crippen molar-refractivity contribution in [2.45, 2.75) is 0 Å². The van der Waals surface area contributed by atoms with Crippen LogP contribution in [0.2, 0.25) is 0 Å². The van der Waals surface area contributed by atoms with Crippen molar-refractivity contribution in [1.29, 1.82) is 0 Å². The third kappa shape index (κ3) is 3.73. The molecule has 0 saturated carbocycles. The highest BCUT2D eigenvalue weighted by Gasteiger charge is 2.41. The molecule has 0 atom stereocenters. The summed E-state index contributed by atoms with van der Waals surface area (Å²) in [7, 11) is 0. The molecule has 9 aromatic carbocycles. The van der Waals surface area contributed by atoms with Crippen LogP contribution in [0, 0.1) is 0 Å². The monoisotopic (exact) mass is 622 g/mol. The number of para-hydroxylation sites is 2. The summed E-state index contributed by atoms with van der Waals surface area (Å²) in [5.74, 6) is 3.51. The molecular weight excluding hydrogens is 595 g/mol. The van der Waals surface area contributed by atoms with E-state index in [2.05, 4.69) is 158 Å². The molecule has 2 aliphatic heterocycles. The standard InChI is InChI=1S/C46H27BO2/c1-2-14-29-28(13-1)27-37(31-16-4-3-15-30(29)31)44-34-19-7-5-17-32(34)43(33-18-6-8-20-35(33)44)36-25-26-42-45-46(36)49-41-24-12-10-22-39(41)47(45)38-21-9-11-23-40(38)48-42/h1-27H. The van der Waals surface area contributed by atoms with Gasteiger partial charge >= 0.3 is 0 Å². The Hall–Kier alpha value is -6.32. The second-order valence-electron chi connectivity index (χ2n) is 13.1. The van der Waals surface area contributed by atoms with E-state index in [0.29, 0.717) is 0 Å². The van der Waals surface area contributed by atoms with Crippen molar-refractivity contribution in [3.63, 3.8) is 0 Å². The van der Waals surface area contributed by atoms with Gasteiger partial charge in [-0.1, -0.05) is 133 Å². The van der Waals surface area contributed by atoms with Gasteiger partial charge in [-0.25, -0.2) is 0 Å². The first-order chi connectivity index (χ1) is 24.3. The van der Waals surface area contributed by atoms with E-state index in [1.807, 2.05) is 6.07 Å². The Kier molecular flexibility index (Phi) is 5.50. The van der Waals surface area contributed by atoms with Crippen LogP contribution in [0.4, 0.5) is 0 Å². The van der Waals surface area contributed by atoms with E-state index in [9.17, 15) is 0 Å². The molecule has 11 rings (SSSR count). The third-order valence-electron chi connectivity index (χ3n) is 10.6. The average molecular weight is 623 g/mol. The van der Waals surface area contributed by atoms with E-state index < -0.39 is 0 Å². The predicted octanol–water partition coefficient (Wildman–Crippen LogP) is 10.4. The van der Waals surface area contributed by atoms with Crippen LogP contribution in [0.5, 0.6) is 23.0 Å². The minimum Gasteiger partial charge on any atom is -0.458 e. The summed E-state index contributed by atoms with van der Waals surface area (Å²) in [4.78, 5) is 0. The van der Waals surface area contributed by atoms with E-state index >= 15 is 0 Å². The van der Waals surface area contributed by atoms with Gasteiger partial charge in [-0.3, -0.25) is 0 Å². The Morgan fingerprint density at radius 3 is 1.49 bits per heavy atom. The lowest BCUT2D eigenvalue weighted by Gasteiger charge is -2.34. The lowest BCUT2D eigenvalue weighted by Crippen LogP contribution is -2.57. The zero-order chi connectivity index (χ0) is 32.1. The van der Waals surface area contributed by atoms with Crippen molar-refractivity contribution in [3.05, 3.63) is 164 Å². The molecule has 2 heterocycles. The highest BCUT2D eigenvalue weighted by molar-refractivity contribution is 6.98. The number of hydrogen-bond acceptors (Lipinski definition) is 2. The summed E-state index contributed by atoms with van der Waals surface area (Å²) in [5, 5.41) is 9.87. The molecule has 0 radical (unpaired) electrons. The van der Waals surface area contributed by atoms with Crippen molar-refractivity contribution in [3.8, 4) is 45.3 Å². The van der Waals surface area contributed by atoms with E-state index in [1.54, 1.807) is 0 Å². The molecule has 0 unspecified atom stereocenters. The van der Waals surface area contributed by atoms with Crippen molar-refractivity contribution >= 4 is 66.2 Å². The molecule has 2 aliphatic rings. The van der Waals surface area contributed by atoms with Gasteiger partial charge in [-0.05, 0) is 95.5 Å². The van der Waals surface area contributed by atoms with E-state index in [1.165, 1.54) is 59.8 Å². The molecule has 0 fully saturated rings. The summed E-state index contributed by atoms with van der Waals surface area (Å²) in [6, 6.07) is 58.9. The Bertz CT molecular complexity index is 2780. The number of rotatable bonds is 2. The SMILES string of the molecule is c1ccc2c(c1)Oc1ccc(-c3c4ccccc4c(-c4cc5ccccc5c5ccccc45)c4ccccc34)c3c1B2c1ccccc1O3. The van der Waals surface area contributed by atoms with Crippen LogP contribution in [0.1, 0.15) is 0 Å². The zero-order valence-corrected chi connectivity index (χ0v) is 26.5. The van der Waals surface area contributed by atoms with Crippen LogP contribution < -0.4 is 25.9 Å². The molecule has 0 aromatic heterocycles. The fraction of sp³-hybridized carbons (Fsp3) is 0. The van der Waals surface area contributed by atoms with Gasteiger partial charge in [0.15, 0.2) is 0 Å². The molecule has 0 spiro atoms. The molecule has 0 N–H and O–H groups in total. The molecule has 49 heavy (non-hydrogen) atoms. The van der Waals surface area contributed by atoms with Crippen LogP contribution in [0.15, 0.2) is 164 Å². The van der Waals surface area contributed by atoms with Gasteiger partial charge in [0.1, 0.15) is 23.0 Å². The number of fused-ring (bicyclic) bond motifs is 9. The second-order valence-corrected chi connectivity index (χ2v) is 13.1. The molecule has 226 valence electrons. The summed E-state index contributed by atoms with van der Waals surface area (Å²) < 4.78 is 13.5. The average Bonchev–Trinajstić information content (AvgIpc) is 3.17. The van der Waals surface area contributed by atoms with E-state index in [-0.39, 0.29) is 6.71 Å². The van der Waals surface area contributed by atoms with Crippen molar-refractivity contribution in [2.24, 2.45) is 0 Å². The quantitative estimate of drug-likeness (QED) is 0.109. The minimum absolute atomic E-state index is 0.0145. The Balaban J connectivity index is 1.26. The minimum atomic E-state index is 0.0145. The van der Waals surface area contributed by atoms with Crippen LogP contribution in [-0.4, -0.2) is 6.71 Å². The first-order valence-electron chi connectivity index (χ1n) is 16.9. The Morgan fingerprint density at radius 2 is 0.837 bits per heavy atom. The van der Waals surface area contributed by atoms with Crippen molar-refractivity contribution in [1.82, 2.24) is 0 Å². The second kappa shape index (κ2) is 10.1. The maximum absolute atomic E-state index is 6.96. The Labute approximate surface area is 283 Å². The van der Waals surface area contributed by atoms with Crippen LogP contribution >= 0.6 is 0 Å². The topological polar surface area (TPSA) is 18.5 Å². The largest absolute Gasteiger partial charge is 0.458 e. The predicted molar refractivity (Wildman–Crippen MR) is 205 cm³/mol. The van der Waals surface area contributed by atoms with Gasteiger partial charge in [0, 0.05) is 16.6 Å². The maximum Gasteiger partial charge on any atom is 0.260 e. The van der Waals surface area contributed by atoms with Crippen LogP contribution in [-0.2, 0) is 0 Å². The van der Waals surface area contributed by atoms with Crippen LogP contribution in [0.25, 0.3) is 65.3 Å². The van der Waals surface area contributed by atoms with Gasteiger partial charge in [0.2, 0.25) is 0 Å². The molecule has 0 aliphatic carbocycles. The lowest BCUT2D eigenvalue weighted by molar-refractivity contribution is 0.465. The first kappa shape index (κ1) is 26.7. The third-order valence-corrected chi connectivity index (χ3v) is 10.6. The van der Waals surface area contributed by atoms with Crippen molar-refractivity contribution < 1.29 is 9.47 Å². The smallest absolute Gasteiger partial charge is 0.260 e. The zero-order valence-electron chi connectivity index (χ0n) is 26.5. The number of ether oxygens (including phenoxy) is 2. The highest BCUT2D eigenvalue weighted by Crippen LogP contribution is 2.49. The lowest BCUT2D eigenvalue weighted by atomic mass is 9.34. The fourth-order valence-corrected chi connectivity index (χ4v) is 8.55. The first-order valence-corrected chi connectivity index (χ1v) is 16.9. The van der Waals surface area contributed by atoms with Gasteiger partial charge in [-0.15, -0.1) is 0 Å². The molecule has 3 heteroatoms. The summed E-state index contributed by atoms with van der Waals surface area (Å²) in [6.45, 7) is 0.0145. The maximum atomic E-state index is 6.96. The van der Waals surface area contributed by atoms with Crippen molar-refractivity contribution in [2.75, 3.05) is 0 Å². The normalized spacial score (nSPS) is 12.8. The van der Waals surface area contributed by atoms with Gasteiger partial charge < -0.3 is 9.47 Å². The fourth-order valence-electron chi connectivity index (χ4n) is 8.55. The summed E-state index contributed by atoms with van der Waals surface area (Å²) >= 11 is 0. The van der Waals surface area contributed by atoms with Gasteiger partial charge in [-0.2, -0.15) is 0 Å². The summed E-state index contributed by atoms with van der Waals surface area (Å²) in [5.41, 5.74) is 8.17. The Morgan fingerprint density at radius 1 is 0.347 bits per heavy atom. The molecule has 0 bridgehead atoms. The molecule has 2 nitrogen and oxygen atoms in total. The molecule has 0 amide bonds. The van der Waals surface area contributed by atoms with E-state index in [4.69, 9.17) is 9.47 Å². The van der Waals surface area contributed by atoms with Crippen LogP contribution in [0.3, 0.4) is 0 Å². The molecule has 9 aromatic rings. The van der Waals surface area contributed by atoms with Gasteiger partial charge in [0.25, 0.3) is 6.71 Å². The summed E-state index contributed by atoms with van der Waals surface area (Å²) in [6.07, 6.45) is 0.